The van der Waals surface area contributed by atoms with E-state index < -0.39 is 0 Å². The first-order chi connectivity index (χ1) is 7.74. The van der Waals surface area contributed by atoms with Crippen LogP contribution in [0.15, 0.2) is 29.6 Å². The van der Waals surface area contributed by atoms with Crippen LogP contribution in [0.5, 0.6) is 0 Å². The Hall–Kier alpha value is -0.900. The van der Waals surface area contributed by atoms with Crippen LogP contribution >= 0.6 is 11.3 Å². The van der Waals surface area contributed by atoms with E-state index in [9.17, 15) is 0 Å². The van der Waals surface area contributed by atoms with Gasteiger partial charge < -0.3 is 10.5 Å². The first-order valence-electron chi connectivity index (χ1n) is 5.57. The predicted molar refractivity (Wildman–Crippen MR) is 69.8 cm³/mol. The number of hydrogen-bond donors (Lipinski definition) is 1. The molecule has 0 aliphatic carbocycles. The van der Waals surface area contributed by atoms with Gasteiger partial charge in [-0.25, -0.2) is 0 Å². The summed E-state index contributed by atoms with van der Waals surface area (Å²) >= 11 is 1.74. The van der Waals surface area contributed by atoms with Gasteiger partial charge in [-0.3, -0.25) is 0 Å². The second-order valence-electron chi connectivity index (χ2n) is 3.87. The molecule has 0 spiro atoms. The Morgan fingerprint density at radius 3 is 2.94 bits per heavy atom. The molecule has 0 saturated carbocycles. The molecule has 2 rings (SSSR count). The SMILES string of the molecule is CCOC(C)C(N)c1cccc2ccsc12. The summed E-state index contributed by atoms with van der Waals surface area (Å²) in [5, 5.41) is 3.37. The minimum Gasteiger partial charge on any atom is -0.377 e. The van der Waals surface area contributed by atoms with E-state index in [1.165, 1.54) is 15.6 Å². The summed E-state index contributed by atoms with van der Waals surface area (Å²) in [4.78, 5) is 0. The van der Waals surface area contributed by atoms with Gasteiger partial charge in [-0.2, -0.15) is 0 Å². The smallest absolute Gasteiger partial charge is 0.0739 e. The van der Waals surface area contributed by atoms with Gasteiger partial charge in [-0.1, -0.05) is 18.2 Å². The summed E-state index contributed by atoms with van der Waals surface area (Å²) in [7, 11) is 0. The summed E-state index contributed by atoms with van der Waals surface area (Å²) in [6.07, 6.45) is 0.0534. The molecule has 0 aliphatic heterocycles. The number of ether oxygens (including phenoxy) is 1. The molecule has 3 heteroatoms. The van der Waals surface area contributed by atoms with E-state index in [1.54, 1.807) is 11.3 Å². The molecule has 0 aliphatic rings. The second-order valence-corrected chi connectivity index (χ2v) is 4.79. The minimum atomic E-state index is -0.0534. The summed E-state index contributed by atoms with van der Waals surface area (Å²) in [5.74, 6) is 0. The van der Waals surface area contributed by atoms with E-state index in [2.05, 4.69) is 29.6 Å². The van der Waals surface area contributed by atoms with Crippen LogP contribution in [0, 0.1) is 0 Å². The van der Waals surface area contributed by atoms with Crippen LogP contribution in [0.4, 0.5) is 0 Å². The fourth-order valence-electron chi connectivity index (χ4n) is 1.90. The van der Waals surface area contributed by atoms with Gasteiger partial charge in [0, 0.05) is 11.3 Å². The molecular formula is C13H17NOS. The number of nitrogens with two attached hydrogens (primary N) is 1. The molecule has 0 amide bonds. The number of benzene rings is 1. The average Bonchev–Trinajstić information content (AvgIpc) is 2.76. The van der Waals surface area contributed by atoms with Gasteiger partial charge in [0.05, 0.1) is 12.1 Å². The highest BCUT2D eigenvalue weighted by atomic mass is 32.1. The molecule has 0 saturated heterocycles. The molecule has 1 aromatic carbocycles. The normalized spacial score (nSPS) is 15.2. The van der Waals surface area contributed by atoms with E-state index >= 15 is 0 Å². The van der Waals surface area contributed by atoms with Crippen molar-refractivity contribution in [2.24, 2.45) is 5.73 Å². The Morgan fingerprint density at radius 2 is 2.19 bits per heavy atom. The van der Waals surface area contributed by atoms with Crippen molar-refractivity contribution in [3.63, 3.8) is 0 Å². The van der Waals surface area contributed by atoms with Crippen molar-refractivity contribution in [1.29, 1.82) is 0 Å². The van der Waals surface area contributed by atoms with Crippen molar-refractivity contribution in [3.8, 4) is 0 Å². The van der Waals surface area contributed by atoms with Crippen LogP contribution < -0.4 is 5.73 Å². The van der Waals surface area contributed by atoms with Gasteiger partial charge in [-0.15, -0.1) is 11.3 Å². The molecule has 16 heavy (non-hydrogen) atoms. The lowest BCUT2D eigenvalue weighted by molar-refractivity contribution is 0.0578. The van der Waals surface area contributed by atoms with Crippen molar-refractivity contribution in [3.05, 3.63) is 35.2 Å². The molecule has 2 aromatic rings. The van der Waals surface area contributed by atoms with E-state index in [4.69, 9.17) is 10.5 Å². The van der Waals surface area contributed by atoms with Crippen molar-refractivity contribution in [2.75, 3.05) is 6.61 Å². The first-order valence-corrected chi connectivity index (χ1v) is 6.45. The van der Waals surface area contributed by atoms with Gasteiger partial charge in [0.2, 0.25) is 0 Å². The lowest BCUT2D eigenvalue weighted by Gasteiger charge is -2.20. The maximum absolute atomic E-state index is 6.23. The largest absolute Gasteiger partial charge is 0.377 e. The van der Waals surface area contributed by atoms with Crippen LogP contribution in [-0.4, -0.2) is 12.7 Å². The van der Waals surface area contributed by atoms with E-state index in [0.29, 0.717) is 6.61 Å². The molecule has 0 bridgehead atoms. The van der Waals surface area contributed by atoms with Crippen molar-refractivity contribution in [2.45, 2.75) is 26.0 Å². The van der Waals surface area contributed by atoms with Crippen LogP contribution in [0.1, 0.15) is 25.5 Å². The third-order valence-corrected chi connectivity index (χ3v) is 3.78. The van der Waals surface area contributed by atoms with E-state index in [-0.39, 0.29) is 12.1 Å². The lowest BCUT2D eigenvalue weighted by Crippen LogP contribution is -2.26. The summed E-state index contributed by atoms with van der Waals surface area (Å²) in [6.45, 7) is 4.73. The number of fused-ring (bicyclic) bond motifs is 1. The molecule has 2 unspecified atom stereocenters. The maximum Gasteiger partial charge on any atom is 0.0739 e. The van der Waals surface area contributed by atoms with Crippen LogP contribution in [0.3, 0.4) is 0 Å². The van der Waals surface area contributed by atoms with Gasteiger partial charge in [0.25, 0.3) is 0 Å². The van der Waals surface area contributed by atoms with Gasteiger partial charge in [0.1, 0.15) is 0 Å². The molecule has 1 heterocycles. The van der Waals surface area contributed by atoms with Crippen LogP contribution in [-0.2, 0) is 4.74 Å². The van der Waals surface area contributed by atoms with E-state index in [1.807, 2.05) is 13.8 Å². The minimum absolute atomic E-state index is 0.0534. The van der Waals surface area contributed by atoms with Crippen LogP contribution in [0.25, 0.3) is 10.1 Å². The molecule has 1 aromatic heterocycles. The Morgan fingerprint density at radius 1 is 1.38 bits per heavy atom. The van der Waals surface area contributed by atoms with Crippen molar-refractivity contribution < 1.29 is 4.74 Å². The Balaban J connectivity index is 2.35. The predicted octanol–water partition coefficient (Wildman–Crippen LogP) is 3.33. The molecule has 2 atom stereocenters. The topological polar surface area (TPSA) is 35.2 Å². The number of rotatable bonds is 4. The Labute approximate surface area is 100 Å². The summed E-state index contributed by atoms with van der Waals surface area (Å²) in [5.41, 5.74) is 7.42. The third kappa shape index (κ3) is 2.12. The standard InChI is InChI=1S/C13H17NOS/c1-3-15-9(2)12(14)11-6-4-5-10-7-8-16-13(10)11/h4-9,12H,3,14H2,1-2H3. The van der Waals surface area contributed by atoms with Crippen LogP contribution in [0.2, 0.25) is 0 Å². The zero-order valence-corrected chi connectivity index (χ0v) is 10.5. The molecule has 86 valence electrons. The quantitative estimate of drug-likeness (QED) is 0.882. The van der Waals surface area contributed by atoms with Gasteiger partial charge in [-0.05, 0) is 36.2 Å². The first kappa shape index (κ1) is 11.6. The zero-order chi connectivity index (χ0) is 11.5. The Bertz CT molecular complexity index is 466. The highest BCUT2D eigenvalue weighted by Crippen LogP contribution is 2.29. The molecule has 0 radical (unpaired) electrons. The number of thiophene rings is 1. The fraction of sp³-hybridized carbons (Fsp3) is 0.385. The maximum atomic E-state index is 6.23. The molecule has 2 nitrogen and oxygen atoms in total. The van der Waals surface area contributed by atoms with Gasteiger partial charge in [0.15, 0.2) is 0 Å². The molecule has 0 fully saturated rings. The van der Waals surface area contributed by atoms with E-state index in [0.717, 1.165) is 0 Å². The monoisotopic (exact) mass is 235 g/mol. The molecular weight excluding hydrogens is 218 g/mol. The third-order valence-electron chi connectivity index (χ3n) is 2.80. The van der Waals surface area contributed by atoms with Gasteiger partial charge >= 0.3 is 0 Å². The zero-order valence-electron chi connectivity index (χ0n) is 9.64. The highest BCUT2D eigenvalue weighted by Gasteiger charge is 2.17. The highest BCUT2D eigenvalue weighted by molar-refractivity contribution is 7.17. The number of hydrogen-bond acceptors (Lipinski definition) is 3. The summed E-state index contributed by atoms with van der Waals surface area (Å²) < 4.78 is 6.84. The summed E-state index contributed by atoms with van der Waals surface area (Å²) in [6, 6.07) is 8.35. The van der Waals surface area contributed by atoms with Crippen molar-refractivity contribution in [1.82, 2.24) is 0 Å². The average molecular weight is 235 g/mol. The lowest BCUT2D eigenvalue weighted by atomic mass is 10.0. The fourth-order valence-corrected chi connectivity index (χ4v) is 2.86. The second kappa shape index (κ2) is 4.95. The van der Waals surface area contributed by atoms with Crippen molar-refractivity contribution >= 4 is 21.4 Å². The Kier molecular flexibility index (Phi) is 3.59. The molecule has 2 N–H and O–H groups in total.